The molecule has 9 heteroatoms. The maximum absolute atomic E-state index is 12.2. The lowest BCUT2D eigenvalue weighted by atomic mass is 10.2. The summed E-state index contributed by atoms with van der Waals surface area (Å²) in [6.07, 6.45) is 0. The van der Waals surface area contributed by atoms with E-state index in [0.717, 1.165) is 4.47 Å². The van der Waals surface area contributed by atoms with E-state index in [0.29, 0.717) is 5.56 Å². The normalized spacial score (nSPS) is 12.1. The third kappa shape index (κ3) is 4.01. The van der Waals surface area contributed by atoms with Gasteiger partial charge < -0.3 is 0 Å². The van der Waals surface area contributed by atoms with Crippen molar-refractivity contribution in [3.8, 4) is 0 Å². The summed E-state index contributed by atoms with van der Waals surface area (Å²) in [5.41, 5.74) is 0.607. The average Bonchev–Trinajstić information content (AvgIpc) is 2.37. The Hall–Kier alpha value is -1.09. The Bertz CT molecular complexity index is 910. The van der Waals surface area contributed by atoms with Crippen molar-refractivity contribution >= 4 is 51.4 Å². The Morgan fingerprint density at radius 1 is 1.00 bits per heavy atom. The maximum Gasteiger partial charge on any atom is 0.261 e. The zero-order valence-electron chi connectivity index (χ0n) is 11.2. The number of aryl methyl sites for hydroxylation is 1. The first-order valence-electron chi connectivity index (χ1n) is 5.93. The van der Waals surface area contributed by atoms with Crippen LogP contribution in [0.5, 0.6) is 0 Å². The molecular formula is C13H11BrClNO4S2. The van der Waals surface area contributed by atoms with E-state index in [1.54, 1.807) is 12.1 Å². The summed E-state index contributed by atoms with van der Waals surface area (Å²) in [5.74, 6) is 0. The van der Waals surface area contributed by atoms with Crippen LogP contribution in [0, 0.1) is 6.92 Å². The summed E-state index contributed by atoms with van der Waals surface area (Å²) < 4.78 is 50.3. The fourth-order valence-corrected chi connectivity index (χ4v) is 4.32. The molecule has 0 aliphatic carbocycles. The molecule has 0 saturated carbocycles. The summed E-state index contributed by atoms with van der Waals surface area (Å²) in [6, 6.07) is 10.2. The van der Waals surface area contributed by atoms with E-state index in [9.17, 15) is 16.8 Å². The molecule has 1 N–H and O–H groups in total. The fourth-order valence-electron chi connectivity index (χ4n) is 1.81. The van der Waals surface area contributed by atoms with Crippen molar-refractivity contribution < 1.29 is 16.8 Å². The minimum Gasteiger partial charge on any atom is -0.280 e. The van der Waals surface area contributed by atoms with Gasteiger partial charge in [0.05, 0.1) is 9.79 Å². The van der Waals surface area contributed by atoms with Crippen LogP contribution in [0.4, 0.5) is 5.69 Å². The number of benzene rings is 2. The van der Waals surface area contributed by atoms with E-state index in [-0.39, 0.29) is 15.5 Å². The zero-order chi connectivity index (χ0) is 16.5. The first-order chi connectivity index (χ1) is 10.1. The Morgan fingerprint density at radius 3 is 2.09 bits per heavy atom. The standard InChI is InChI=1S/C13H11BrClNO4S2/c1-9-8-11(4-7-13(9)21(15,17)18)16-22(19,20)12-5-2-10(14)3-6-12/h2-8,16H,1H3. The van der Waals surface area contributed by atoms with E-state index in [1.807, 2.05) is 0 Å². The molecule has 0 heterocycles. The topological polar surface area (TPSA) is 80.3 Å². The SMILES string of the molecule is Cc1cc(NS(=O)(=O)c2ccc(Br)cc2)ccc1S(=O)(=O)Cl. The van der Waals surface area contributed by atoms with Crippen molar-refractivity contribution in [2.75, 3.05) is 4.72 Å². The molecule has 0 atom stereocenters. The van der Waals surface area contributed by atoms with Crippen LogP contribution in [-0.4, -0.2) is 16.8 Å². The second-order valence-corrected chi connectivity index (χ2v) is 9.61. The number of nitrogens with one attached hydrogen (secondary N) is 1. The molecule has 0 fully saturated rings. The number of hydrogen-bond donors (Lipinski definition) is 1. The molecule has 0 radical (unpaired) electrons. The highest BCUT2D eigenvalue weighted by Gasteiger charge is 2.17. The molecule has 0 bridgehead atoms. The maximum atomic E-state index is 12.2. The molecule has 0 aliphatic heterocycles. The third-order valence-corrected chi connectivity index (χ3v) is 6.22. The molecule has 0 aliphatic rings. The van der Waals surface area contributed by atoms with Crippen molar-refractivity contribution in [2.45, 2.75) is 16.7 Å². The second kappa shape index (κ2) is 6.19. The van der Waals surface area contributed by atoms with Crippen molar-refractivity contribution in [1.29, 1.82) is 0 Å². The molecule has 2 aromatic rings. The monoisotopic (exact) mass is 423 g/mol. The first-order valence-corrected chi connectivity index (χ1v) is 10.5. The Kier molecular flexibility index (Phi) is 4.86. The van der Waals surface area contributed by atoms with E-state index in [2.05, 4.69) is 20.7 Å². The zero-order valence-corrected chi connectivity index (χ0v) is 15.2. The largest absolute Gasteiger partial charge is 0.280 e. The molecule has 0 aromatic heterocycles. The summed E-state index contributed by atoms with van der Waals surface area (Å²) in [7, 11) is -2.32. The lowest BCUT2D eigenvalue weighted by molar-refractivity contribution is 0.601. The van der Waals surface area contributed by atoms with Crippen molar-refractivity contribution in [2.24, 2.45) is 0 Å². The van der Waals surface area contributed by atoms with Gasteiger partial charge in [-0.3, -0.25) is 4.72 Å². The van der Waals surface area contributed by atoms with Gasteiger partial charge in [0.25, 0.3) is 19.1 Å². The highest BCUT2D eigenvalue weighted by molar-refractivity contribution is 9.10. The van der Waals surface area contributed by atoms with E-state index < -0.39 is 19.1 Å². The van der Waals surface area contributed by atoms with Crippen LogP contribution in [0.25, 0.3) is 0 Å². The van der Waals surface area contributed by atoms with Gasteiger partial charge in [0.15, 0.2) is 0 Å². The molecule has 0 spiro atoms. The van der Waals surface area contributed by atoms with Gasteiger partial charge in [-0.2, -0.15) is 0 Å². The Morgan fingerprint density at radius 2 is 1.59 bits per heavy atom. The number of rotatable bonds is 4. The van der Waals surface area contributed by atoms with Gasteiger partial charge in [0.1, 0.15) is 0 Å². The predicted octanol–water partition coefficient (Wildman–Crippen LogP) is 3.49. The quantitative estimate of drug-likeness (QED) is 0.762. The van der Waals surface area contributed by atoms with Crippen molar-refractivity contribution in [3.05, 3.63) is 52.5 Å². The lowest BCUT2D eigenvalue weighted by Gasteiger charge is -2.10. The number of anilines is 1. The number of sulfonamides is 1. The highest BCUT2D eigenvalue weighted by atomic mass is 79.9. The Balaban J connectivity index is 2.35. The van der Waals surface area contributed by atoms with E-state index >= 15 is 0 Å². The molecule has 2 rings (SSSR count). The fraction of sp³-hybridized carbons (Fsp3) is 0.0769. The van der Waals surface area contributed by atoms with Gasteiger partial charge in [-0.15, -0.1) is 0 Å². The molecule has 5 nitrogen and oxygen atoms in total. The summed E-state index contributed by atoms with van der Waals surface area (Å²) in [4.78, 5) is 0.0446. The minimum absolute atomic E-state index is 0.0549. The smallest absolute Gasteiger partial charge is 0.261 e. The minimum atomic E-state index is -3.86. The molecule has 2 aromatic carbocycles. The first kappa shape index (κ1) is 17.3. The van der Waals surface area contributed by atoms with E-state index in [1.165, 1.54) is 37.3 Å². The van der Waals surface area contributed by atoms with Crippen LogP contribution < -0.4 is 4.72 Å². The van der Waals surface area contributed by atoms with Gasteiger partial charge in [-0.1, -0.05) is 15.9 Å². The van der Waals surface area contributed by atoms with E-state index in [4.69, 9.17) is 10.7 Å². The molecule has 0 unspecified atom stereocenters. The molecular weight excluding hydrogens is 414 g/mol. The lowest BCUT2D eigenvalue weighted by Crippen LogP contribution is -2.13. The van der Waals surface area contributed by atoms with Crippen LogP contribution >= 0.6 is 26.6 Å². The summed E-state index contributed by atoms with van der Waals surface area (Å²) in [6.45, 7) is 1.53. The van der Waals surface area contributed by atoms with Gasteiger partial charge in [0.2, 0.25) is 0 Å². The van der Waals surface area contributed by atoms with Crippen LogP contribution in [0.3, 0.4) is 0 Å². The van der Waals surface area contributed by atoms with Gasteiger partial charge in [-0.25, -0.2) is 16.8 Å². The van der Waals surface area contributed by atoms with Gasteiger partial charge in [0, 0.05) is 20.8 Å². The predicted molar refractivity (Wildman–Crippen MR) is 89.2 cm³/mol. The Labute approximate surface area is 141 Å². The van der Waals surface area contributed by atoms with Crippen LogP contribution in [0.15, 0.2) is 56.7 Å². The van der Waals surface area contributed by atoms with Crippen molar-refractivity contribution in [1.82, 2.24) is 0 Å². The summed E-state index contributed by atoms with van der Waals surface area (Å²) in [5, 5.41) is 0. The molecule has 118 valence electrons. The van der Waals surface area contributed by atoms with Crippen LogP contribution in [-0.2, 0) is 19.1 Å². The number of hydrogen-bond acceptors (Lipinski definition) is 4. The van der Waals surface area contributed by atoms with Crippen LogP contribution in [0.1, 0.15) is 5.56 Å². The summed E-state index contributed by atoms with van der Waals surface area (Å²) >= 11 is 3.23. The number of halogens is 2. The third-order valence-electron chi connectivity index (χ3n) is 2.81. The van der Waals surface area contributed by atoms with Crippen molar-refractivity contribution in [3.63, 3.8) is 0 Å². The second-order valence-electron chi connectivity index (χ2n) is 4.48. The van der Waals surface area contributed by atoms with Gasteiger partial charge in [-0.05, 0) is 55.0 Å². The molecule has 0 amide bonds. The van der Waals surface area contributed by atoms with Crippen LogP contribution in [0.2, 0.25) is 0 Å². The molecule has 0 saturated heterocycles. The molecule has 22 heavy (non-hydrogen) atoms. The average molecular weight is 425 g/mol. The highest BCUT2D eigenvalue weighted by Crippen LogP contribution is 2.24. The van der Waals surface area contributed by atoms with Gasteiger partial charge >= 0.3 is 0 Å².